The Hall–Kier alpha value is -1.33. The van der Waals surface area contributed by atoms with Gasteiger partial charge in [0.25, 0.3) is 0 Å². The summed E-state index contributed by atoms with van der Waals surface area (Å²) in [5.41, 5.74) is -0.964. The molecule has 6 heteroatoms. The number of amides is 2. The zero-order chi connectivity index (χ0) is 16.5. The molecule has 0 saturated carbocycles. The average molecular weight is 329 g/mol. The van der Waals surface area contributed by atoms with E-state index in [1.807, 2.05) is 20.8 Å². The van der Waals surface area contributed by atoms with Crippen molar-refractivity contribution in [3.8, 4) is 0 Å². The Labute approximate surface area is 135 Å². The maximum absolute atomic E-state index is 13.8. The second-order valence-electron chi connectivity index (χ2n) is 6.80. The van der Waals surface area contributed by atoms with Gasteiger partial charge in [0.1, 0.15) is 0 Å². The van der Waals surface area contributed by atoms with E-state index in [0.717, 1.165) is 0 Å². The lowest BCUT2D eigenvalue weighted by Crippen LogP contribution is -2.53. The summed E-state index contributed by atoms with van der Waals surface area (Å²) in [6.07, 6.45) is 1.00. The molecule has 1 aliphatic heterocycles. The van der Waals surface area contributed by atoms with Crippen molar-refractivity contribution in [2.45, 2.75) is 39.2 Å². The number of urea groups is 1. The van der Waals surface area contributed by atoms with Gasteiger partial charge >= 0.3 is 6.03 Å². The van der Waals surface area contributed by atoms with E-state index >= 15 is 0 Å². The summed E-state index contributed by atoms with van der Waals surface area (Å²) < 4.78 is 13.8. The molecule has 1 saturated heterocycles. The van der Waals surface area contributed by atoms with Gasteiger partial charge in [0.05, 0.1) is 16.3 Å². The largest absolute Gasteiger partial charge is 0.389 e. The summed E-state index contributed by atoms with van der Waals surface area (Å²) in [4.78, 5) is 13.8. The van der Waals surface area contributed by atoms with Crippen LogP contribution in [-0.4, -0.2) is 34.7 Å². The number of halogens is 2. The first-order valence-electron chi connectivity index (χ1n) is 7.36. The third-order valence-electron chi connectivity index (χ3n) is 4.47. The number of aliphatic hydroxyl groups is 1. The molecule has 0 bridgehead atoms. The Balaban J connectivity index is 2.00. The number of nitrogens with zero attached hydrogens (tertiary/aromatic N) is 1. The topological polar surface area (TPSA) is 52.6 Å². The van der Waals surface area contributed by atoms with E-state index in [1.165, 1.54) is 12.1 Å². The Kier molecular flexibility index (Phi) is 4.68. The zero-order valence-corrected chi connectivity index (χ0v) is 13.9. The lowest BCUT2D eigenvalue weighted by atomic mass is 9.71. The maximum Gasteiger partial charge on any atom is 0.321 e. The molecule has 1 heterocycles. The zero-order valence-electron chi connectivity index (χ0n) is 13.1. The van der Waals surface area contributed by atoms with Crippen LogP contribution in [-0.2, 0) is 0 Å². The number of carbonyl (C=O) groups excluding carboxylic acids is 1. The highest BCUT2D eigenvalue weighted by molar-refractivity contribution is 6.31. The second kappa shape index (κ2) is 6.05. The number of benzene rings is 1. The van der Waals surface area contributed by atoms with Crippen molar-refractivity contribution in [2.24, 2.45) is 5.41 Å². The summed E-state index contributed by atoms with van der Waals surface area (Å²) in [5, 5.41) is 13.1. The molecule has 0 aromatic heterocycles. The molecule has 1 aliphatic rings. The van der Waals surface area contributed by atoms with Gasteiger partial charge in [-0.1, -0.05) is 38.4 Å². The van der Waals surface area contributed by atoms with E-state index in [4.69, 9.17) is 11.6 Å². The van der Waals surface area contributed by atoms with Gasteiger partial charge in [-0.2, -0.15) is 0 Å². The van der Waals surface area contributed by atoms with Crippen LogP contribution in [0.4, 0.5) is 14.9 Å². The van der Waals surface area contributed by atoms with Crippen LogP contribution in [0.3, 0.4) is 0 Å². The van der Waals surface area contributed by atoms with Crippen molar-refractivity contribution in [3.05, 3.63) is 29.0 Å². The van der Waals surface area contributed by atoms with Gasteiger partial charge in [0.15, 0.2) is 5.82 Å². The van der Waals surface area contributed by atoms with Crippen molar-refractivity contribution in [3.63, 3.8) is 0 Å². The van der Waals surface area contributed by atoms with Crippen LogP contribution in [0.5, 0.6) is 0 Å². The molecule has 0 radical (unpaired) electrons. The predicted molar refractivity (Wildman–Crippen MR) is 85.6 cm³/mol. The van der Waals surface area contributed by atoms with Crippen LogP contribution < -0.4 is 5.32 Å². The van der Waals surface area contributed by atoms with Crippen molar-refractivity contribution in [1.82, 2.24) is 4.90 Å². The first kappa shape index (κ1) is 17.0. The van der Waals surface area contributed by atoms with Gasteiger partial charge in [-0.3, -0.25) is 0 Å². The van der Waals surface area contributed by atoms with Crippen LogP contribution in [0, 0.1) is 11.2 Å². The monoisotopic (exact) mass is 328 g/mol. The lowest BCUT2D eigenvalue weighted by molar-refractivity contribution is -0.0925. The number of nitrogens with one attached hydrogen (secondary N) is 1. The Morgan fingerprint density at radius 2 is 1.95 bits per heavy atom. The number of rotatable bonds is 1. The molecule has 2 amide bonds. The third kappa shape index (κ3) is 3.36. The molecule has 22 heavy (non-hydrogen) atoms. The summed E-state index contributed by atoms with van der Waals surface area (Å²) in [7, 11) is 0. The standard InChI is InChI=1S/C16H22ClFN2O2/c1-15(2,3)16(22)7-9-20(10-8-16)14(21)19-12-6-4-5-11(17)13(12)18/h4-6,22H,7-10H2,1-3H3,(H,19,21). The van der Waals surface area contributed by atoms with Gasteiger partial charge in [-0.05, 0) is 30.4 Å². The fourth-order valence-corrected chi connectivity index (χ4v) is 2.80. The fraction of sp³-hybridized carbons (Fsp3) is 0.562. The molecule has 2 rings (SSSR count). The molecule has 0 spiro atoms. The molecule has 2 N–H and O–H groups in total. The average Bonchev–Trinajstić information content (AvgIpc) is 2.43. The highest BCUT2D eigenvalue weighted by Gasteiger charge is 2.43. The first-order valence-corrected chi connectivity index (χ1v) is 7.74. The molecular weight excluding hydrogens is 307 g/mol. The van der Waals surface area contributed by atoms with Gasteiger partial charge in [0, 0.05) is 13.1 Å². The van der Waals surface area contributed by atoms with Crippen LogP contribution >= 0.6 is 11.6 Å². The van der Waals surface area contributed by atoms with Crippen LogP contribution in [0.2, 0.25) is 5.02 Å². The number of anilines is 1. The SMILES string of the molecule is CC(C)(C)C1(O)CCN(C(=O)Nc2cccc(Cl)c2F)CC1. The number of piperidine rings is 1. The van der Waals surface area contributed by atoms with E-state index < -0.39 is 11.4 Å². The molecule has 1 aromatic rings. The molecule has 1 fully saturated rings. The van der Waals surface area contributed by atoms with E-state index in [-0.39, 0.29) is 22.2 Å². The highest BCUT2D eigenvalue weighted by atomic mass is 35.5. The minimum Gasteiger partial charge on any atom is -0.389 e. The summed E-state index contributed by atoms with van der Waals surface area (Å²) >= 11 is 5.70. The fourth-order valence-electron chi connectivity index (χ4n) is 2.62. The van der Waals surface area contributed by atoms with Crippen molar-refractivity contribution < 1.29 is 14.3 Å². The quantitative estimate of drug-likeness (QED) is 0.822. The van der Waals surface area contributed by atoms with E-state index in [1.54, 1.807) is 11.0 Å². The van der Waals surface area contributed by atoms with Crippen LogP contribution in [0.25, 0.3) is 0 Å². The van der Waals surface area contributed by atoms with E-state index in [2.05, 4.69) is 5.32 Å². The molecule has 122 valence electrons. The number of hydrogen-bond donors (Lipinski definition) is 2. The molecular formula is C16H22ClFN2O2. The number of carbonyl (C=O) groups is 1. The Bertz CT molecular complexity index is 564. The van der Waals surface area contributed by atoms with Crippen LogP contribution in [0.1, 0.15) is 33.6 Å². The molecule has 0 aliphatic carbocycles. The Morgan fingerprint density at radius 1 is 1.36 bits per heavy atom. The summed E-state index contributed by atoms with van der Waals surface area (Å²) in [6, 6.07) is 4.10. The summed E-state index contributed by atoms with van der Waals surface area (Å²) in [6.45, 7) is 6.84. The first-order chi connectivity index (χ1) is 10.1. The van der Waals surface area contributed by atoms with Crippen molar-refractivity contribution in [2.75, 3.05) is 18.4 Å². The molecule has 4 nitrogen and oxygen atoms in total. The van der Waals surface area contributed by atoms with Gasteiger partial charge in [0.2, 0.25) is 0 Å². The predicted octanol–water partition coefficient (Wildman–Crippen LogP) is 3.88. The van der Waals surface area contributed by atoms with Gasteiger partial charge < -0.3 is 15.3 Å². The Morgan fingerprint density at radius 3 is 2.50 bits per heavy atom. The minimum absolute atomic E-state index is 0.0291. The highest BCUT2D eigenvalue weighted by Crippen LogP contribution is 2.38. The van der Waals surface area contributed by atoms with Crippen molar-refractivity contribution in [1.29, 1.82) is 0 Å². The summed E-state index contributed by atoms with van der Waals surface area (Å²) in [5.74, 6) is -0.638. The number of likely N-dealkylation sites (tertiary alicyclic amines) is 1. The third-order valence-corrected chi connectivity index (χ3v) is 4.76. The second-order valence-corrected chi connectivity index (χ2v) is 7.21. The number of hydrogen-bond acceptors (Lipinski definition) is 2. The van der Waals surface area contributed by atoms with Crippen molar-refractivity contribution >= 4 is 23.3 Å². The lowest BCUT2D eigenvalue weighted by Gasteiger charge is -2.46. The molecule has 0 unspecified atom stereocenters. The van der Waals surface area contributed by atoms with Gasteiger partial charge in [-0.25, -0.2) is 9.18 Å². The molecule has 0 atom stereocenters. The smallest absolute Gasteiger partial charge is 0.321 e. The van der Waals surface area contributed by atoms with E-state index in [0.29, 0.717) is 25.9 Å². The van der Waals surface area contributed by atoms with Crippen LogP contribution in [0.15, 0.2) is 18.2 Å². The minimum atomic E-state index is -0.787. The van der Waals surface area contributed by atoms with Gasteiger partial charge in [-0.15, -0.1) is 0 Å². The maximum atomic E-state index is 13.8. The molecule has 1 aromatic carbocycles. The normalized spacial score (nSPS) is 18.2. The van der Waals surface area contributed by atoms with E-state index in [9.17, 15) is 14.3 Å².